The predicted molar refractivity (Wildman–Crippen MR) is 70.3 cm³/mol. The van der Waals surface area contributed by atoms with Crippen molar-refractivity contribution in [1.29, 1.82) is 0 Å². The van der Waals surface area contributed by atoms with E-state index in [0.717, 1.165) is 0 Å². The van der Waals surface area contributed by atoms with Crippen LogP contribution in [0.4, 0.5) is 0 Å². The average Bonchev–Trinajstić information content (AvgIpc) is 2.37. The second-order valence-corrected chi connectivity index (χ2v) is 5.16. The summed E-state index contributed by atoms with van der Waals surface area (Å²) in [6.45, 7) is 3.98. The second-order valence-electron chi connectivity index (χ2n) is 5.16. The highest BCUT2D eigenvalue weighted by Gasteiger charge is 2.34. The van der Waals surface area contributed by atoms with Crippen molar-refractivity contribution in [2.24, 2.45) is 5.92 Å². The lowest BCUT2D eigenvalue weighted by atomic mass is 9.84. The first-order valence-corrected chi connectivity index (χ1v) is 6.34. The molecule has 0 unspecified atom stereocenters. The van der Waals surface area contributed by atoms with Crippen LogP contribution < -0.4 is 10.4 Å². The molecule has 1 aromatic carbocycles. The molecule has 1 aliphatic rings. The number of para-hydroxylation sites is 1. The van der Waals surface area contributed by atoms with E-state index in [0.29, 0.717) is 22.3 Å². The fraction of sp³-hybridized carbons (Fsp3) is 0.333. The standard InChI is InChI=1S/C15H14O4/c1-8(2)10-7-12(16)19-14-9-5-3-4-6-11(9)18-15(17)13(10)14/h3-6,8,10H,7H2,1-2H3/t10-/m0/s1. The van der Waals surface area contributed by atoms with Gasteiger partial charge in [-0.3, -0.25) is 4.79 Å². The van der Waals surface area contributed by atoms with Gasteiger partial charge in [-0.25, -0.2) is 4.79 Å². The number of carbonyl (C=O) groups is 1. The molecule has 98 valence electrons. The minimum absolute atomic E-state index is 0.142. The van der Waals surface area contributed by atoms with Crippen molar-refractivity contribution < 1.29 is 13.9 Å². The molecule has 1 atom stereocenters. The van der Waals surface area contributed by atoms with E-state index in [1.807, 2.05) is 19.9 Å². The Morgan fingerprint density at radius 2 is 1.95 bits per heavy atom. The van der Waals surface area contributed by atoms with Gasteiger partial charge < -0.3 is 9.15 Å². The Kier molecular flexibility index (Phi) is 2.66. The quantitative estimate of drug-likeness (QED) is 0.583. The van der Waals surface area contributed by atoms with E-state index in [4.69, 9.17) is 9.15 Å². The summed E-state index contributed by atoms with van der Waals surface area (Å²) in [6, 6.07) is 7.11. The first-order valence-electron chi connectivity index (χ1n) is 6.34. The molecular weight excluding hydrogens is 244 g/mol. The normalized spacial score (nSPS) is 18.5. The highest BCUT2D eigenvalue weighted by atomic mass is 16.5. The van der Waals surface area contributed by atoms with E-state index >= 15 is 0 Å². The Morgan fingerprint density at radius 3 is 2.68 bits per heavy atom. The molecule has 0 spiro atoms. The van der Waals surface area contributed by atoms with Crippen molar-refractivity contribution >= 4 is 16.9 Å². The van der Waals surface area contributed by atoms with E-state index in [-0.39, 0.29) is 24.2 Å². The highest BCUT2D eigenvalue weighted by molar-refractivity contribution is 5.89. The van der Waals surface area contributed by atoms with Crippen molar-refractivity contribution in [3.63, 3.8) is 0 Å². The van der Waals surface area contributed by atoms with Crippen LogP contribution in [0.3, 0.4) is 0 Å². The van der Waals surface area contributed by atoms with Crippen LogP contribution in [0.1, 0.15) is 31.7 Å². The molecule has 0 saturated heterocycles. The maximum atomic E-state index is 12.1. The van der Waals surface area contributed by atoms with Crippen LogP contribution in [0.2, 0.25) is 0 Å². The van der Waals surface area contributed by atoms with Gasteiger partial charge in [0.25, 0.3) is 0 Å². The molecule has 1 aromatic heterocycles. The summed E-state index contributed by atoms with van der Waals surface area (Å²) in [4.78, 5) is 23.9. The number of esters is 1. The minimum atomic E-state index is -0.403. The number of hydrogen-bond acceptors (Lipinski definition) is 4. The van der Waals surface area contributed by atoms with E-state index < -0.39 is 5.63 Å². The summed E-state index contributed by atoms with van der Waals surface area (Å²) in [5, 5.41) is 0.677. The predicted octanol–water partition coefficient (Wildman–Crippen LogP) is 2.84. The molecule has 0 saturated carbocycles. The number of carbonyl (C=O) groups excluding carboxylic acids is 1. The van der Waals surface area contributed by atoms with Crippen molar-refractivity contribution in [2.75, 3.05) is 0 Å². The molecule has 4 heteroatoms. The molecule has 0 amide bonds. The van der Waals surface area contributed by atoms with E-state index in [1.54, 1.807) is 18.2 Å². The molecule has 1 aliphatic heterocycles. The SMILES string of the molecule is CC(C)[C@@H]1CC(=O)Oc2c1c(=O)oc1ccccc21. The lowest BCUT2D eigenvalue weighted by molar-refractivity contribution is -0.136. The van der Waals surface area contributed by atoms with E-state index in [9.17, 15) is 9.59 Å². The Morgan fingerprint density at radius 1 is 1.21 bits per heavy atom. The third kappa shape index (κ3) is 1.84. The summed E-state index contributed by atoms with van der Waals surface area (Å²) in [7, 11) is 0. The van der Waals surface area contributed by atoms with Crippen LogP contribution in [0.5, 0.6) is 5.75 Å². The largest absolute Gasteiger partial charge is 0.425 e. The molecule has 4 nitrogen and oxygen atoms in total. The van der Waals surface area contributed by atoms with Gasteiger partial charge in [-0.15, -0.1) is 0 Å². The fourth-order valence-electron chi connectivity index (χ4n) is 2.57. The van der Waals surface area contributed by atoms with Crippen molar-refractivity contribution in [3.8, 4) is 5.75 Å². The summed E-state index contributed by atoms with van der Waals surface area (Å²) < 4.78 is 10.6. The van der Waals surface area contributed by atoms with Crippen LogP contribution in [0.25, 0.3) is 11.0 Å². The molecule has 0 radical (unpaired) electrons. The van der Waals surface area contributed by atoms with Crippen molar-refractivity contribution in [1.82, 2.24) is 0 Å². The van der Waals surface area contributed by atoms with E-state index in [2.05, 4.69) is 0 Å². The van der Waals surface area contributed by atoms with Crippen LogP contribution in [-0.2, 0) is 4.79 Å². The first-order chi connectivity index (χ1) is 9.08. The summed E-state index contributed by atoms with van der Waals surface area (Å²) in [5.74, 6) is 0.122. The van der Waals surface area contributed by atoms with Crippen LogP contribution in [0.15, 0.2) is 33.5 Å². The molecule has 0 fully saturated rings. The van der Waals surface area contributed by atoms with Crippen molar-refractivity contribution in [2.45, 2.75) is 26.2 Å². The van der Waals surface area contributed by atoms with Crippen LogP contribution >= 0.6 is 0 Å². The van der Waals surface area contributed by atoms with Gasteiger partial charge >= 0.3 is 11.6 Å². The topological polar surface area (TPSA) is 56.5 Å². The third-order valence-corrected chi connectivity index (χ3v) is 3.58. The molecule has 2 heterocycles. The van der Waals surface area contributed by atoms with Gasteiger partial charge in [-0.05, 0) is 18.1 Å². The molecule has 2 aromatic rings. The van der Waals surface area contributed by atoms with E-state index in [1.165, 1.54) is 0 Å². The fourth-order valence-corrected chi connectivity index (χ4v) is 2.57. The average molecular weight is 258 g/mol. The van der Waals surface area contributed by atoms with Gasteiger partial charge in [0.05, 0.1) is 17.4 Å². The molecule has 0 aliphatic carbocycles. The molecule has 0 N–H and O–H groups in total. The summed E-state index contributed by atoms with van der Waals surface area (Å²) in [5.41, 5.74) is 0.539. The Labute approximate surface area is 110 Å². The summed E-state index contributed by atoms with van der Waals surface area (Å²) in [6.07, 6.45) is 0.230. The van der Waals surface area contributed by atoms with Crippen LogP contribution in [-0.4, -0.2) is 5.97 Å². The lowest BCUT2D eigenvalue weighted by Gasteiger charge is -2.26. The number of hydrogen-bond donors (Lipinski definition) is 0. The highest BCUT2D eigenvalue weighted by Crippen LogP contribution is 2.40. The lowest BCUT2D eigenvalue weighted by Crippen LogP contribution is -2.28. The van der Waals surface area contributed by atoms with Crippen molar-refractivity contribution in [3.05, 3.63) is 40.2 Å². The first kappa shape index (κ1) is 12.0. The van der Waals surface area contributed by atoms with Gasteiger partial charge in [-0.1, -0.05) is 26.0 Å². The third-order valence-electron chi connectivity index (χ3n) is 3.58. The van der Waals surface area contributed by atoms with Gasteiger partial charge in [0.15, 0.2) is 5.75 Å². The summed E-state index contributed by atoms with van der Waals surface area (Å²) >= 11 is 0. The molecular formula is C15H14O4. The minimum Gasteiger partial charge on any atom is -0.425 e. The molecule has 19 heavy (non-hydrogen) atoms. The van der Waals surface area contributed by atoms with Gasteiger partial charge in [0.1, 0.15) is 5.58 Å². The Balaban J connectivity index is 2.37. The smallest absolute Gasteiger partial charge is 0.343 e. The molecule has 0 bridgehead atoms. The van der Waals surface area contributed by atoms with Crippen LogP contribution in [0, 0.1) is 5.92 Å². The number of fused-ring (bicyclic) bond motifs is 3. The monoisotopic (exact) mass is 258 g/mol. The Hall–Kier alpha value is -2.10. The number of benzene rings is 1. The van der Waals surface area contributed by atoms with Gasteiger partial charge in [-0.2, -0.15) is 0 Å². The number of rotatable bonds is 1. The zero-order valence-electron chi connectivity index (χ0n) is 10.8. The van der Waals surface area contributed by atoms with Gasteiger partial charge in [0, 0.05) is 5.92 Å². The second kappa shape index (κ2) is 4.23. The maximum Gasteiger partial charge on any atom is 0.343 e. The van der Waals surface area contributed by atoms with Gasteiger partial charge in [0.2, 0.25) is 0 Å². The maximum absolute atomic E-state index is 12.1. The Bertz CT molecular complexity index is 712. The zero-order chi connectivity index (χ0) is 13.6. The number of ether oxygens (including phenoxy) is 1. The molecule has 3 rings (SSSR count). The zero-order valence-corrected chi connectivity index (χ0v) is 10.8.